The summed E-state index contributed by atoms with van der Waals surface area (Å²) >= 11 is 0. The smallest absolute Gasteiger partial charge is 0.410 e. The van der Waals surface area contributed by atoms with Gasteiger partial charge in [-0.25, -0.2) is 9.86 Å². The lowest BCUT2D eigenvalue weighted by atomic mass is 10.00. The second kappa shape index (κ2) is 7.47. The number of fused-ring (bicyclic) bond motifs is 1. The number of hydrogen-bond donors (Lipinski definition) is 2. The summed E-state index contributed by atoms with van der Waals surface area (Å²) in [6, 6.07) is -0.0851. The van der Waals surface area contributed by atoms with Crippen LogP contribution in [0.5, 0.6) is 0 Å². The van der Waals surface area contributed by atoms with Crippen molar-refractivity contribution in [2.45, 2.75) is 71.8 Å². The van der Waals surface area contributed by atoms with Crippen LogP contribution in [0.15, 0.2) is 0 Å². The van der Waals surface area contributed by atoms with Crippen LogP contribution in [0.25, 0.3) is 0 Å². The van der Waals surface area contributed by atoms with Crippen LogP contribution in [0, 0.1) is 0 Å². The SMILES string of the molecule is C[C@@H]1Cc2[nH]nc(C(=O)N(C)OC(C)(C)CO)c2CN1C(=O)OC(C)(C)C. The van der Waals surface area contributed by atoms with Gasteiger partial charge < -0.3 is 14.7 Å². The number of aliphatic hydroxyl groups excluding tert-OH is 1. The van der Waals surface area contributed by atoms with E-state index < -0.39 is 23.2 Å². The summed E-state index contributed by atoms with van der Waals surface area (Å²) in [5.41, 5.74) is 0.164. The van der Waals surface area contributed by atoms with Crippen LogP contribution in [0.2, 0.25) is 0 Å². The molecule has 0 saturated carbocycles. The number of H-pyrrole nitrogens is 1. The van der Waals surface area contributed by atoms with E-state index in [1.165, 1.54) is 7.05 Å². The lowest BCUT2D eigenvalue weighted by molar-refractivity contribution is -0.202. The van der Waals surface area contributed by atoms with Crippen molar-refractivity contribution in [3.63, 3.8) is 0 Å². The maximum absolute atomic E-state index is 12.8. The predicted molar refractivity (Wildman–Crippen MR) is 97.9 cm³/mol. The zero-order valence-corrected chi connectivity index (χ0v) is 17.1. The molecule has 1 aromatic rings. The van der Waals surface area contributed by atoms with Gasteiger partial charge in [0.05, 0.1) is 13.2 Å². The van der Waals surface area contributed by atoms with Crippen LogP contribution in [-0.4, -0.2) is 68.2 Å². The molecule has 1 atom stereocenters. The molecular formula is C18H30N4O5. The van der Waals surface area contributed by atoms with Crippen molar-refractivity contribution in [1.29, 1.82) is 0 Å². The second-order valence-corrected chi connectivity index (χ2v) is 8.50. The summed E-state index contributed by atoms with van der Waals surface area (Å²) in [5, 5.41) is 17.4. The maximum atomic E-state index is 12.8. The number of nitrogens with zero attached hydrogens (tertiary/aromatic N) is 3. The zero-order valence-electron chi connectivity index (χ0n) is 17.1. The van der Waals surface area contributed by atoms with Gasteiger partial charge in [0.2, 0.25) is 0 Å². The summed E-state index contributed by atoms with van der Waals surface area (Å²) in [6.45, 7) is 10.7. The van der Waals surface area contributed by atoms with Crippen LogP contribution in [0.4, 0.5) is 4.79 Å². The van der Waals surface area contributed by atoms with Crippen LogP contribution >= 0.6 is 0 Å². The van der Waals surface area contributed by atoms with Crippen LogP contribution < -0.4 is 0 Å². The lowest BCUT2D eigenvalue weighted by Gasteiger charge is -2.35. The van der Waals surface area contributed by atoms with Crippen molar-refractivity contribution in [3.8, 4) is 0 Å². The number of hydrogen-bond acceptors (Lipinski definition) is 6. The summed E-state index contributed by atoms with van der Waals surface area (Å²) in [7, 11) is 1.47. The number of rotatable bonds is 4. The molecule has 0 saturated heterocycles. The normalized spacial score (nSPS) is 17.5. The second-order valence-electron chi connectivity index (χ2n) is 8.50. The summed E-state index contributed by atoms with van der Waals surface area (Å²) in [6.07, 6.45) is 0.118. The molecule has 0 unspecified atom stereocenters. The average Bonchev–Trinajstić information content (AvgIpc) is 2.93. The number of amides is 2. The van der Waals surface area contributed by atoms with Crippen LogP contribution in [0.1, 0.15) is 63.3 Å². The molecule has 1 aliphatic rings. The lowest BCUT2D eigenvalue weighted by Crippen LogP contribution is -2.45. The molecule has 1 aromatic heterocycles. The molecule has 0 fully saturated rings. The number of carbonyl (C=O) groups is 2. The topological polar surface area (TPSA) is 108 Å². The van der Waals surface area contributed by atoms with E-state index in [0.29, 0.717) is 12.0 Å². The Morgan fingerprint density at radius 2 is 1.96 bits per heavy atom. The Kier molecular flexibility index (Phi) is 5.86. The van der Waals surface area contributed by atoms with E-state index in [-0.39, 0.29) is 24.9 Å². The third-order valence-corrected chi connectivity index (χ3v) is 4.19. The minimum absolute atomic E-state index is 0.0851. The molecule has 2 rings (SSSR count). The Bertz CT molecular complexity index is 707. The molecular weight excluding hydrogens is 352 g/mol. The van der Waals surface area contributed by atoms with Gasteiger partial charge in [0.25, 0.3) is 5.91 Å². The highest BCUT2D eigenvalue weighted by Gasteiger charge is 2.35. The summed E-state index contributed by atoms with van der Waals surface area (Å²) in [4.78, 5) is 32.4. The number of ether oxygens (including phenoxy) is 1. The van der Waals surface area contributed by atoms with Gasteiger partial charge in [-0.15, -0.1) is 0 Å². The first-order valence-electron chi connectivity index (χ1n) is 8.98. The minimum Gasteiger partial charge on any atom is -0.444 e. The molecule has 9 nitrogen and oxygen atoms in total. The van der Waals surface area contributed by atoms with Gasteiger partial charge in [-0.2, -0.15) is 5.10 Å². The van der Waals surface area contributed by atoms with E-state index in [1.54, 1.807) is 18.7 Å². The third-order valence-electron chi connectivity index (χ3n) is 4.19. The monoisotopic (exact) mass is 382 g/mol. The predicted octanol–water partition coefficient (Wildman–Crippen LogP) is 1.87. The molecule has 0 spiro atoms. The van der Waals surface area contributed by atoms with E-state index >= 15 is 0 Å². The van der Waals surface area contributed by atoms with Gasteiger partial charge in [-0.05, 0) is 41.5 Å². The highest BCUT2D eigenvalue weighted by Crippen LogP contribution is 2.27. The van der Waals surface area contributed by atoms with Crippen molar-refractivity contribution in [1.82, 2.24) is 20.2 Å². The molecule has 2 N–H and O–H groups in total. The quantitative estimate of drug-likeness (QED) is 0.770. The Morgan fingerprint density at radius 1 is 1.33 bits per heavy atom. The zero-order chi connectivity index (χ0) is 20.6. The first-order chi connectivity index (χ1) is 12.3. The number of aromatic amines is 1. The highest BCUT2D eigenvalue weighted by atomic mass is 16.7. The summed E-state index contributed by atoms with van der Waals surface area (Å²) < 4.78 is 5.48. The largest absolute Gasteiger partial charge is 0.444 e. The van der Waals surface area contributed by atoms with Crippen molar-refractivity contribution in [2.24, 2.45) is 0 Å². The molecule has 152 valence electrons. The van der Waals surface area contributed by atoms with Crippen LogP contribution in [-0.2, 0) is 22.5 Å². The maximum Gasteiger partial charge on any atom is 0.410 e. The van der Waals surface area contributed by atoms with Gasteiger partial charge in [0, 0.05) is 30.8 Å². The fraction of sp³-hybridized carbons (Fsp3) is 0.722. The van der Waals surface area contributed by atoms with Crippen molar-refractivity contribution in [3.05, 3.63) is 17.0 Å². The standard InChI is InChI=1S/C18H30N4O5/c1-11-8-13-12(9-22(11)16(25)26-17(2,3)4)14(20-19-13)15(24)21(7)27-18(5,6)10-23/h11,23H,8-10H2,1-7H3,(H,19,20)/t11-/m1/s1. The fourth-order valence-electron chi connectivity index (χ4n) is 2.80. The molecule has 0 aromatic carbocycles. The van der Waals surface area contributed by atoms with E-state index in [1.807, 2.05) is 27.7 Å². The molecule has 9 heteroatoms. The van der Waals surface area contributed by atoms with Gasteiger partial charge in [0.15, 0.2) is 5.69 Å². The van der Waals surface area contributed by atoms with E-state index in [0.717, 1.165) is 10.8 Å². The van der Waals surface area contributed by atoms with Crippen molar-refractivity contribution < 1.29 is 24.3 Å². The molecule has 1 aliphatic heterocycles. The van der Waals surface area contributed by atoms with Crippen LogP contribution in [0.3, 0.4) is 0 Å². The molecule has 2 amide bonds. The number of nitrogens with one attached hydrogen (secondary N) is 1. The Labute approximate surface area is 159 Å². The molecule has 27 heavy (non-hydrogen) atoms. The fourth-order valence-corrected chi connectivity index (χ4v) is 2.80. The van der Waals surface area contributed by atoms with Crippen molar-refractivity contribution >= 4 is 12.0 Å². The first-order valence-corrected chi connectivity index (χ1v) is 8.98. The Balaban J connectivity index is 2.21. The molecule has 0 radical (unpaired) electrons. The van der Waals surface area contributed by atoms with Crippen molar-refractivity contribution in [2.75, 3.05) is 13.7 Å². The van der Waals surface area contributed by atoms with E-state index in [2.05, 4.69) is 10.2 Å². The number of aliphatic hydroxyl groups is 1. The van der Waals surface area contributed by atoms with Gasteiger partial charge in [-0.1, -0.05) is 0 Å². The minimum atomic E-state index is -0.905. The number of carbonyl (C=O) groups excluding carboxylic acids is 2. The van der Waals surface area contributed by atoms with Gasteiger partial charge >= 0.3 is 6.09 Å². The first kappa shape index (κ1) is 21.2. The Hall–Kier alpha value is -2.13. The number of aromatic nitrogens is 2. The van der Waals surface area contributed by atoms with E-state index in [9.17, 15) is 14.7 Å². The van der Waals surface area contributed by atoms with E-state index in [4.69, 9.17) is 9.57 Å². The molecule has 2 heterocycles. The highest BCUT2D eigenvalue weighted by molar-refractivity contribution is 5.93. The summed E-state index contributed by atoms with van der Waals surface area (Å²) in [5.74, 6) is -0.451. The molecule has 0 aliphatic carbocycles. The average molecular weight is 382 g/mol. The van der Waals surface area contributed by atoms with Gasteiger partial charge in [0.1, 0.15) is 11.2 Å². The third kappa shape index (κ3) is 4.98. The molecule has 0 bridgehead atoms. The van der Waals surface area contributed by atoms with Gasteiger partial charge in [-0.3, -0.25) is 14.7 Å². The Morgan fingerprint density at radius 3 is 2.52 bits per heavy atom. The number of hydroxylamine groups is 2.